The maximum absolute atomic E-state index is 13.1. The summed E-state index contributed by atoms with van der Waals surface area (Å²) in [7, 11) is 1.61. The van der Waals surface area contributed by atoms with Gasteiger partial charge in [-0.3, -0.25) is 14.5 Å². The molecule has 2 unspecified atom stereocenters. The van der Waals surface area contributed by atoms with Gasteiger partial charge in [-0.2, -0.15) is 0 Å². The SMILES string of the molecule is COc1ccccc1CCNC(=O)CN1C(=O)NC2(CC(C)CC(C)(C)C2)C1=O. The molecule has 1 aromatic carbocycles. The fraction of sp³-hybridized carbons (Fsp3) is 0.591. The smallest absolute Gasteiger partial charge is 0.325 e. The Morgan fingerprint density at radius 1 is 1.28 bits per heavy atom. The molecule has 1 aliphatic carbocycles. The van der Waals surface area contributed by atoms with Gasteiger partial charge < -0.3 is 15.4 Å². The van der Waals surface area contributed by atoms with Crippen molar-refractivity contribution in [3.8, 4) is 5.75 Å². The lowest BCUT2D eigenvalue weighted by Crippen LogP contribution is -2.54. The number of nitrogens with one attached hydrogen (secondary N) is 2. The van der Waals surface area contributed by atoms with Crippen molar-refractivity contribution in [3.05, 3.63) is 29.8 Å². The van der Waals surface area contributed by atoms with E-state index in [0.717, 1.165) is 22.6 Å². The molecule has 2 atom stereocenters. The van der Waals surface area contributed by atoms with Gasteiger partial charge in [-0.1, -0.05) is 39.0 Å². The van der Waals surface area contributed by atoms with Crippen molar-refractivity contribution in [2.24, 2.45) is 11.3 Å². The van der Waals surface area contributed by atoms with Crippen LogP contribution in [-0.4, -0.2) is 48.5 Å². The van der Waals surface area contributed by atoms with E-state index < -0.39 is 11.6 Å². The molecular weight excluding hydrogens is 370 g/mol. The lowest BCUT2D eigenvalue weighted by atomic mass is 9.64. The van der Waals surface area contributed by atoms with Gasteiger partial charge in [0.25, 0.3) is 5.91 Å². The highest BCUT2D eigenvalue weighted by Gasteiger charge is 2.56. The Labute approximate surface area is 172 Å². The summed E-state index contributed by atoms with van der Waals surface area (Å²) in [5.74, 6) is 0.482. The van der Waals surface area contributed by atoms with Crippen molar-refractivity contribution in [2.45, 2.75) is 52.0 Å². The molecule has 0 aromatic heterocycles. The number of hydrogen-bond donors (Lipinski definition) is 2. The fourth-order valence-corrected chi connectivity index (χ4v) is 5.10. The highest BCUT2D eigenvalue weighted by Crippen LogP contribution is 2.46. The number of hydrogen-bond acceptors (Lipinski definition) is 4. The molecule has 0 radical (unpaired) electrons. The van der Waals surface area contributed by atoms with Gasteiger partial charge in [0.15, 0.2) is 0 Å². The molecule has 2 N–H and O–H groups in total. The van der Waals surface area contributed by atoms with E-state index in [4.69, 9.17) is 4.74 Å². The molecule has 7 nitrogen and oxygen atoms in total. The number of imide groups is 1. The van der Waals surface area contributed by atoms with Gasteiger partial charge in [0.05, 0.1) is 7.11 Å². The van der Waals surface area contributed by atoms with Gasteiger partial charge in [0.1, 0.15) is 17.8 Å². The highest BCUT2D eigenvalue weighted by atomic mass is 16.5. The Kier molecular flexibility index (Phi) is 5.87. The number of urea groups is 1. The third-order valence-electron chi connectivity index (χ3n) is 5.83. The molecule has 1 aromatic rings. The second-order valence-corrected chi connectivity index (χ2v) is 9.17. The number of carbonyl (C=O) groups excluding carboxylic acids is 3. The molecule has 1 aliphatic heterocycles. The van der Waals surface area contributed by atoms with Gasteiger partial charge in [0.2, 0.25) is 5.91 Å². The number of methoxy groups -OCH3 is 1. The molecule has 158 valence electrons. The van der Waals surface area contributed by atoms with E-state index in [1.165, 1.54) is 0 Å². The van der Waals surface area contributed by atoms with Crippen molar-refractivity contribution < 1.29 is 19.1 Å². The Morgan fingerprint density at radius 2 is 2.00 bits per heavy atom. The molecule has 2 fully saturated rings. The van der Waals surface area contributed by atoms with Crippen LogP contribution in [-0.2, 0) is 16.0 Å². The summed E-state index contributed by atoms with van der Waals surface area (Å²) in [4.78, 5) is 39.0. The first kappa shape index (κ1) is 21.1. The number of nitrogens with zero attached hydrogens (tertiary/aromatic N) is 1. The average Bonchev–Trinajstić information content (AvgIpc) is 2.83. The van der Waals surface area contributed by atoms with Crippen LogP contribution >= 0.6 is 0 Å². The van der Waals surface area contributed by atoms with Gasteiger partial charge in [-0.15, -0.1) is 0 Å². The summed E-state index contributed by atoms with van der Waals surface area (Å²) in [6.45, 7) is 6.49. The predicted molar refractivity (Wildman–Crippen MR) is 109 cm³/mol. The minimum atomic E-state index is -0.879. The number of amides is 4. The number of carbonyl (C=O) groups is 3. The van der Waals surface area contributed by atoms with Crippen molar-refractivity contribution in [2.75, 3.05) is 20.2 Å². The molecule has 7 heteroatoms. The van der Waals surface area contributed by atoms with Crippen LogP contribution in [0.3, 0.4) is 0 Å². The van der Waals surface area contributed by atoms with Gasteiger partial charge in [-0.25, -0.2) is 4.79 Å². The van der Waals surface area contributed by atoms with Crippen LogP contribution in [0.15, 0.2) is 24.3 Å². The summed E-state index contributed by atoms with van der Waals surface area (Å²) >= 11 is 0. The first-order chi connectivity index (χ1) is 13.7. The molecule has 2 aliphatic rings. The van der Waals surface area contributed by atoms with E-state index in [2.05, 4.69) is 31.4 Å². The third kappa shape index (κ3) is 4.54. The number of para-hydroxylation sites is 1. The van der Waals surface area contributed by atoms with E-state index in [1.54, 1.807) is 7.11 Å². The van der Waals surface area contributed by atoms with Crippen LogP contribution in [0.5, 0.6) is 5.75 Å². The third-order valence-corrected chi connectivity index (χ3v) is 5.83. The first-order valence-corrected chi connectivity index (χ1v) is 10.2. The molecule has 1 heterocycles. The van der Waals surface area contributed by atoms with Crippen molar-refractivity contribution in [1.82, 2.24) is 15.5 Å². The van der Waals surface area contributed by atoms with Gasteiger partial charge >= 0.3 is 6.03 Å². The largest absolute Gasteiger partial charge is 0.496 e. The number of benzene rings is 1. The standard InChI is InChI=1S/C22H31N3O4/c1-15-11-21(2,3)14-22(12-15)19(27)25(20(28)24-22)13-18(26)23-10-9-16-7-5-6-8-17(16)29-4/h5-8,15H,9-14H2,1-4H3,(H,23,26)(H,24,28). The fourth-order valence-electron chi connectivity index (χ4n) is 5.10. The lowest BCUT2D eigenvalue weighted by molar-refractivity contribution is -0.137. The summed E-state index contributed by atoms with van der Waals surface area (Å²) in [6.07, 6.45) is 2.83. The van der Waals surface area contributed by atoms with E-state index in [0.29, 0.717) is 31.7 Å². The van der Waals surface area contributed by atoms with Crippen LogP contribution in [0.4, 0.5) is 4.79 Å². The first-order valence-electron chi connectivity index (χ1n) is 10.2. The lowest BCUT2D eigenvalue weighted by Gasteiger charge is -2.43. The van der Waals surface area contributed by atoms with Gasteiger partial charge in [0, 0.05) is 6.54 Å². The van der Waals surface area contributed by atoms with Crippen LogP contribution < -0.4 is 15.4 Å². The molecule has 1 saturated heterocycles. The Balaban J connectivity index is 1.58. The van der Waals surface area contributed by atoms with E-state index in [9.17, 15) is 14.4 Å². The Morgan fingerprint density at radius 3 is 2.69 bits per heavy atom. The summed E-state index contributed by atoms with van der Waals surface area (Å²) in [5, 5.41) is 5.70. The predicted octanol–water partition coefficient (Wildman–Crippen LogP) is 2.49. The number of ether oxygens (including phenoxy) is 1. The minimum Gasteiger partial charge on any atom is -0.496 e. The summed E-state index contributed by atoms with van der Waals surface area (Å²) in [5.41, 5.74) is 0.0754. The molecule has 29 heavy (non-hydrogen) atoms. The van der Waals surface area contributed by atoms with Crippen LogP contribution in [0, 0.1) is 11.3 Å². The molecule has 0 bridgehead atoms. The summed E-state index contributed by atoms with van der Waals surface area (Å²) < 4.78 is 5.31. The maximum Gasteiger partial charge on any atom is 0.325 e. The highest BCUT2D eigenvalue weighted by molar-refractivity contribution is 6.09. The van der Waals surface area contributed by atoms with E-state index in [1.807, 2.05) is 24.3 Å². The van der Waals surface area contributed by atoms with E-state index in [-0.39, 0.29) is 23.8 Å². The quantitative estimate of drug-likeness (QED) is 0.717. The van der Waals surface area contributed by atoms with Crippen LogP contribution in [0.2, 0.25) is 0 Å². The zero-order valence-corrected chi connectivity index (χ0v) is 17.7. The minimum absolute atomic E-state index is 0.0341. The summed E-state index contributed by atoms with van der Waals surface area (Å²) in [6, 6.07) is 7.15. The monoisotopic (exact) mass is 401 g/mol. The zero-order chi connectivity index (χ0) is 21.2. The van der Waals surface area contributed by atoms with Crippen molar-refractivity contribution >= 4 is 17.8 Å². The van der Waals surface area contributed by atoms with Crippen LogP contribution in [0.1, 0.15) is 45.6 Å². The second-order valence-electron chi connectivity index (χ2n) is 9.17. The second kappa shape index (κ2) is 8.05. The van der Waals surface area contributed by atoms with Gasteiger partial charge in [-0.05, 0) is 48.6 Å². The van der Waals surface area contributed by atoms with E-state index >= 15 is 0 Å². The average molecular weight is 402 g/mol. The molecule has 1 saturated carbocycles. The van der Waals surface area contributed by atoms with Crippen molar-refractivity contribution in [3.63, 3.8) is 0 Å². The Bertz CT molecular complexity index is 807. The Hall–Kier alpha value is -2.57. The number of rotatable bonds is 6. The maximum atomic E-state index is 13.1. The molecular formula is C22H31N3O4. The normalized spacial score (nSPS) is 25.8. The van der Waals surface area contributed by atoms with Crippen molar-refractivity contribution in [1.29, 1.82) is 0 Å². The zero-order valence-electron chi connectivity index (χ0n) is 17.7. The topological polar surface area (TPSA) is 87.7 Å². The van der Waals surface area contributed by atoms with Crippen LogP contribution in [0.25, 0.3) is 0 Å². The molecule has 4 amide bonds. The molecule has 3 rings (SSSR count). The molecule has 1 spiro atoms.